The summed E-state index contributed by atoms with van der Waals surface area (Å²) in [5, 5.41) is 4.48. The first-order valence-corrected chi connectivity index (χ1v) is 7.75. The lowest BCUT2D eigenvalue weighted by Crippen LogP contribution is -2.49. The summed E-state index contributed by atoms with van der Waals surface area (Å²) in [6.07, 6.45) is 0. The first-order chi connectivity index (χ1) is 10.2. The van der Waals surface area contributed by atoms with Gasteiger partial charge in [-0.15, -0.1) is 0 Å². The van der Waals surface area contributed by atoms with Gasteiger partial charge in [0, 0.05) is 43.2 Å². The number of likely N-dealkylation sites (N-methyl/N-ethyl adjacent to an activating group) is 1. The highest BCUT2D eigenvalue weighted by molar-refractivity contribution is 5.82. The molecule has 1 aliphatic heterocycles. The minimum absolute atomic E-state index is 0.583. The molecule has 0 radical (unpaired) electrons. The van der Waals surface area contributed by atoms with Gasteiger partial charge in [-0.1, -0.05) is 18.2 Å². The van der Waals surface area contributed by atoms with Crippen LogP contribution in [-0.2, 0) is 13.1 Å². The van der Waals surface area contributed by atoms with Gasteiger partial charge in [0.25, 0.3) is 0 Å². The zero-order chi connectivity index (χ0) is 14.8. The van der Waals surface area contributed by atoms with Crippen molar-refractivity contribution in [3.05, 3.63) is 35.6 Å². The quantitative estimate of drug-likeness (QED) is 0.935. The van der Waals surface area contributed by atoms with E-state index in [1.165, 1.54) is 10.9 Å². The van der Waals surface area contributed by atoms with Crippen LogP contribution in [0.25, 0.3) is 11.0 Å². The van der Waals surface area contributed by atoms with Gasteiger partial charge in [0.05, 0.1) is 6.54 Å². The van der Waals surface area contributed by atoms with E-state index in [9.17, 15) is 0 Å². The number of piperazine rings is 1. The molecule has 0 spiro atoms. The lowest BCUT2D eigenvalue weighted by Gasteiger charge is -2.38. The number of fused-ring (bicyclic) bond motifs is 1. The Bertz CT molecular complexity index is 607. The van der Waals surface area contributed by atoms with Gasteiger partial charge in [-0.25, -0.2) is 0 Å². The Balaban J connectivity index is 1.89. The molecule has 1 unspecified atom stereocenters. The number of hydrogen-bond donors (Lipinski definition) is 1. The molecule has 1 aliphatic rings. The normalized spacial score (nSPS) is 21.2. The van der Waals surface area contributed by atoms with Gasteiger partial charge in [-0.2, -0.15) is 0 Å². The van der Waals surface area contributed by atoms with E-state index in [1.807, 2.05) is 13.1 Å². The number of nitrogens with zero attached hydrogens (tertiary/aromatic N) is 2. The molecule has 0 saturated carbocycles. The molecule has 4 nitrogen and oxygen atoms in total. The van der Waals surface area contributed by atoms with Crippen LogP contribution in [0.2, 0.25) is 0 Å². The Morgan fingerprint density at radius 2 is 2.10 bits per heavy atom. The predicted octanol–water partition coefficient (Wildman–Crippen LogP) is 2.29. The highest BCUT2D eigenvalue weighted by Gasteiger charge is 2.24. The van der Waals surface area contributed by atoms with Gasteiger partial charge >= 0.3 is 0 Å². The number of benzene rings is 1. The smallest absolute Gasteiger partial charge is 0.134 e. The highest BCUT2D eigenvalue weighted by atomic mass is 16.3. The highest BCUT2D eigenvalue weighted by Crippen LogP contribution is 2.28. The van der Waals surface area contributed by atoms with Crippen LogP contribution in [0.1, 0.15) is 18.2 Å². The average molecular weight is 287 g/mol. The zero-order valence-electron chi connectivity index (χ0n) is 13.2. The molecule has 2 heterocycles. The molecule has 0 amide bonds. The molecule has 1 atom stereocenters. The Labute approximate surface area is 126 Å². The summed E-state index contributed by atoms with van der Waals surface area (Å²) in [5.41, 5.74) is 2.34. The molecule has 21 heavy (non-hydrogen) atoms. The minimum atomic E-state index is 0.583. The SMILES string of the molecule is CNCc1oc2ccccc2c1CN1CCN(C)CC1C. The second-order valence-electron chi connectivity index (χ2n) is 6.11. The largest absolute Gasteiger partial charge is 0.459 e. The Kier molecular flexibility index (Phi) is 4.29. The Morgan fingerprint density at radius 1 is 1.29 bits per heavy atom. The van der Waals surface area contributed by atoms with Gasteiger partial charge in [-0.05, 0) is 27.1 Å². The number of rotatable bonds is 4. The van der Waals surface area contributed by atoms with Crippen LogP contribution in [0.15, 0.2) is 28.7 Å². The van der Waals surface area contributed by atoms with Crippen molar-refractivity contribution in [1.82, 2.24) is 15.1 Å². The fraction of sp³-hybridized carbons (Fsp3) is 0.529. The summed E-state index contributed by atoms with van der Waals surface area (Å²) in [4.78, 5) is 4.97. The molecule has 0 bridgehead atoms. The van der Waals surface area contributed by atoms with E-state index in [1.54, 1.807) is 0 Å². The van der Waals surface area contributed by atoms with Crippen molar-refractivity contribution >= 4 is 11.0 Å². The van der Waals surface area contributed by atoms with Gasteiger partial charge in [-0.3, -0.25) is 4.90 Å². The lowest BCUT2D eigenvalue weighted by atomic mass is 10.1. The fourth-order valence-electron chi connectivity index (χ4n) is 3.24. The van der Waals surface area contributed by atoms with Crippen LogP contribution >= 0.6 is 0 Å². The van der Waals surface area contributed by atoms with Gasteiger partial charge in [0.2, 0.25) is 0 Å². The summed E-state index contributed by atoms with van der Waals surface area (Å²) in [5.74, 6) is 1.07. The van der Waals surface area contributed by atoms with E-state index in [0.717, 1.165) is 44.1 Å². The molecular weight excluding hydrogens is 262 g/mol. The van der Waals surface area contributed by atoms with Crippen molar-refractivity contribution in [2.75, 3.05) is 33.7 Å². The minimum Gasteiger partial charge on any atom is -0.459 e. The third kappa shape index (κ3) is 2.98. The third-order valence-electron chi connectivity index (χ3n) is 4.45. The molecule has 4 heteroatoms. The summed E-state index contributed by atoms with van der Waals surface area (Å²) in [7, 11) is 4.17. The fourth-order valence-corrected chi connectivity index (χ4v) is 3.24. The topological polar surface area (TPSA) is 31.7 Å². The maximum absolute atomic E-state index is 6.04. The third-order valence-corrected chi connectivity index (χ3v) is 4.45. The van der Waals surface area contributed by atoms with Gasteiger partial charge < -0.3 is 14.6 Å². The summed E-state index contributed by atoms with van der Waals surface area (Å²) < 4.78 is 6.04. The van der Waals surface area contributed by atoms with E-state index < -0.39 is 0 Å². The molecule has 1 fully saturated rings. The van der Waals surface area contributed by atoms with E-state index in [4.69, 9.17) is 4.42 Å². The summed E-state index contributed by atoms with van der Waals surface area (Å²) >= 11 is 0. The molecule has 1 aromatic heterocycles. The summed E-state index contributed by atoms with van der Waals surface area (Å²) in [6.45, 7) is 7.47. The zero-order valence-corrected chi connectivity index (χ0v) is 13.2. The number of nitrogens with one attached hydrogen (secondary N) is 1. The van der Waals surface area contributed by atoms with Crippen molar-refractivity contribution in [3.63, 3.8) is 0 Å². The first kappa shape index (κ1) is 14.6. The summed E-state index contributed by atoms with van der Waals surface area (Å²) in [6, 6.07) is 8.95. The number of furan rings is 1. The molecule has 2 aromatic rings. The molecular formula is C17H25N3O. The molecule has 0 aliphatic carbocycles. The predicted molar refractivity (Wildman–Crippen MR) is 86.3 cm³/mol. The van der Waals surface area contributed by atoms with Crippen molar-refractivity contribution in [1.29, 1.82) is 0 Å². The van der Waals surface area contributed by atoms with Crippen molar-refractivity contribution in [3.8, 4) is 0 Å². The van der Waals surface area contributed by atoms with E-state index in [-0.39, 0.29) is 0 Å². The van der Waals surface area contributed by atoms with Crippen LogP contribution in [-0.4, -0.2) is 49.6 Å². The van der Waals surface area contributed by atoms with Crippen LogP contribution in [0.3, 0.4) is 0 Å². The van der Waals surface area contributed by atoms with Crippen molar-refractivity contribution < 1.29 is 4.42 Å². The maximum Gasteiger partial charge on any atom is 0.134 e. The van der Waals surface area contributed by atoms with Crippen LogP contribution in [0.4, 0.5) is 0 Å². The molecule has 114 valence electrons. The number of hydrogen-bond acceptors (Lipinski definition) is 4. The molecule has 1 N–H and O–H groups in total. The second kappa shape index (κ2) is 6.18. The molecule has 1 saturated heterocycles. The first-order valence-electron chi connectivity index (χ1n) is 7.75. The van der Waals surface area contributed by atoms with Gasteiger partial charge in [0.1, 0.15) is 11.3 Å². The van der Waals surface area contributed by atoms with Crippen molar-refractivity contribution in [2.45, 2.75) is 26.1 Å². The molecule has 1 aromatic carbocycles. The van der Waals surface area contributed by atoms with Crippen LogP contribution < -0.4 is 5.32 Å². The number of para-hydroxylation sites is 1. The van der Waals surface area contributed by atoms with Gasteiger partial charge in [0.15, 0.2) is 0 Å². The van der Waals surface area contributed by atoms with E-state index >= 15 is 0 Å². The van der Waals surface area contributed by atoms with E-state index in [0.29, 0.717) is 6.04 Å². The Morgan fingerprint density at radius 3 is 2.86 bits per heavy atom. The van der Waals surface area contributed by atoms with Crippen molar-refractivity contribution in [2.24, 2.45) is 0 Å². The van der Waals surface area contributed by atoms with E-state index in [2.05, 4.69) is 47.3 Å². The second-order valence-corrected chi connectivity index (χ2v) is 6.11. The Hall–Kier alpha value is -1.36. The van der Waals surface area contributed by atoms with Crippen LogP contribution in [0.5, 0.6) is 0 Å². The maximum atomic E-state index is 6.04. The van der Waals surface area contributed by atoms with Crippen LogP contribution in [0, 0.1) is 0 Å². The standard InChI is InChI=1S/C17H25N3O/c1-13-11-19(3)8-9-20(13)12-15-14-6-4-5-7-16(14)21-17(15)10-18-2/h4-7,13,18H,8-12H2,1-3H3. The average Bonchev–Trinajstić information content (AvgIpc) is 2.80. The molecule has 3 rings (SSSR count). The lowest BCUT2D eigenvalue weighted by molar-refractivity contribution is 0.0936. The monoisotopic (exact) mass is 287 g/mol.